The molecular formula is C13H23N3OS. The van der Waals surface area contributed by atoms with Crippen LogP contribution in [0.25, 0.3) is 0 Å². The fourth-order valence-electron chi connectivity index (χ4n) is 1.69. The lowest BCUT2D eigenvalue weighted by Crippen LogP contribution is -2.42. The monoisotopic (exact) mass is 269 g/mol. The molecule has 0 spiro atoms. The average Bonchev–Trinajstić information content (AvgIpc) is 2.76. The van der Waals surface area contributed by atoms with Crippen molar-refractivity contribution >= 4 is 17.2 Å². The van der Waals surface area contributed by atoms with E-state index in [4.69, 9.17) is 5.73 Å². The Kier molecular flexibility index (Phi) is 6.29. The molecule has 0 radical (unpaired) electrons. The maximum Gasteiger partial charge on any atom is 0.236 e. The van der Waals surface area contributed by atoms with Gasteiger partial charge in [-0.15, -0.1) is 11.3 Å². The molecule has 0 saturated heterocycles. The van der Waals surface area contributed by atoms with E-state index in [0.717, 1.165) is 30.0 Å². The van der Waals surface area contributed by atoms with E-state index in [9.17, 15) is 4.79 Å². The second-order valence-corrected chi connectivity index (χ2v) is 5.81. The first-order valence-corrected chi connectivity index (χ1v) is 7.37. The Morgan fingerprint density at radius 3 is 2.83 bits per heavy atom. The van der Waals surface area contributed by atoms with Crippen LogP contribution < -0.4 is 11.1 Å². The van der Waals surface area contributed by atoms with Crippen molar-refractivity contribution in [3.8, 4) is 0 Å². The standard InChI is InChI=1S/C13H23N3OS/c1-4-12-16-10(8-18-12)5-6-15-13(17)11(14)7-9(2)3/h8-9,11H,4-7,14H2,1-3H3,(H,15,17)/t11-/m0/s1. The van der Waals surface area contributed by atoms with E-state index in [1.54, 1.807) is 11.3 Å². The number of nitrogens with one attached hydrogen (secondary N) is 1. The van der Waals surface area contributed by atoms with Gasteiger partial charge in [-0.05, 0) is 18.8 Å². The van der Waals surface area contributed by atoms with Gasteiger partial charge in [0, 0.05) is 18.3 Å². The van der Waals surface area contributed by atoms with Crippen molar-refractivity contribution in [2.24, 2.45) is 11.7 Å². The maximum atomic E-state index is 11.7. The van der Waals surface area contributed by atoms with Gasteiger partial charge in [-0.25, -0.2) is 4.98 Å². The molecule has 0 aliphatic heterocycles. The molecule has 1 atom stereocenters. The normalized spacial score (nSPS) is 12.7. The number of aromatic nitrogens is 1. The van der Waals surface area contributed by atoms with E-state index in [0.29, 0.717) is 12.5 Å². The second kappa shape index (κ2) is 7.48. The van der Waals surface area contributed by atoms with E-state index < -0.39 is 6.04 Å². The minimum atomic E-state index is -0.397. The van der Waals surface area contributed by atoms with Crippen LogP contribution in [0.1, 0.15) is 37.9 Å². The number of nitrogens with zero attached hydrogens (tertiary/aromatic N) is 1. The smallest absolute Gasteiger partial charge is 0.236 e. The Balaban J connectivity index is 2.26. The summed E-state index contributed by atoms with van der Waals surface area (Å²) in [6, 6.07) is -0.397. The summed E-state index contributed by atoms with van der Waals surface area (Å²) in [5.74, 6) is 0.381. The summed E-state index contributed by atoms with van der Waals surface area (Å²) >= 11 is 1.67. The third kappa shape index (κ3) is 5.14. The van der Waals surface area contributed by atoms with Crippen LogP contribution >= 0.6 is 11.3 Å². The average molecular weight is 269 g/mol. The molecule has 3 N–H and O–H groups in total. The highest BCUT2D eigenvalue weighted by atomic mass is 32.1. The van der Waals surface area contributed by atoms with Crippen LogP contribution in [-0.4, -0.2) is 23.5 Å². The van der Waals surface area contributed by atoms with E-state index in [2.05, 4.69) is 36.5 Å². The second-order valence-electron chi connectivity index (χ2n) is 4.86. The molecule has 5 heteroatoms. The Labute approximate surface area is 113 Å². The number of carbonyl (C=O) groups excluding carboxylic acids is 1. The Hall–Kier alpha value is -0.940. The molecule has 0 bridgehead atoms. The summed E-state index contributed by atoms with van der Waals surface area (Å²) in [5, 5.41) is 6.06. The van der Waals surface area contributed by atoms with Crippen LogP contribution in [0, 0.1) is 5.92 Å². The minimum Gasteiger partial charge on any atom is -0.354 e. The molecule has 1 aromatic heterocycles. The van der Waals surface area contributed by atoms with Crippen LogP contribution in [0.15, 0.2) is 5.38 Å². The highest BCUT2D eigenvalue weighted by molar-refractivity contribution is 7.09. The predicted octanol–water partition coefficient (Wildman–Crippen LogP) is 1.74. The van der Waals surface area contributed by atoms with Crippen molar-refractivity contribution in [2.45, 2.75) is 46.1 Å². The van der Waals surface area contributed by atoms with Crippen LogP contribution in [0.5, 0.6) is 0 Å². The van der Waals surface area contributed by atoms with Gasteiger partial charge in [0.15, 0.2) is 0 Å². The lowest BCUT2D eigenvalue weighted by Gasteiger charge is -2.13. The zero-order chi connectivity index (χ0) is 13.5. The zero-order valence-corrected chi connectivity index (χ0v) is 12.2. The molecule has 1 heterocycles. The molecule has 0 aromatic carbocycles. The van der Waals surface area contributed by atoms with Crippen molar-refractivity contribution in [1.82, 2.24) is 10.3 Å². The number of carbonyl (C=O) groups is 1. The van der Waals surface area contributed by atoms with Crippen LogP contribution in [0.4, 0.5) is 0 Å². The number of hydrogen-bond donors (Lipinski definition) is 2. The summed E-state index contributed by atoms with van der Waals surface area (Å²) in [7, 11) is 0. The Morgan fingerprint density at radius 2 is 2.28 bits per heavy atom. The van der Waals surface area contributed by atoms with Gasteiger partial charge in [-0.1, -0.05) is 20.8 Å². The molecule has 0 aliphatic carbocycles. The molecule has 102 valence electrons. The molecule has 0 unspecified atom stereocenters. The zero-order valence-electron chi connectivity index (χ0n) is 11.4. The first-order chi connectivity index (χ1) is 8.52. The number of nitrogens with two attached hydrogens (primary N) is 1. The van der Waals surface area contributed by atoms with E-state index in [1.165, 1.54) is 0 Å². The maximum absolute atomic E-state index is 11.7. The van der Waals surface area contributed by atoms with E-state index >= 15 is 0 Å². The summed E-state index contributed by atoms with van der Waals surface area (Å²) in [6.07, 6.45) is 2.47. The van der Waals surface area contributed by atoms with Gasteiger partial charge in [0.25, 0.3) is 0 Å². The summed E-state index contributed by atoms with van der Waals surface area (Å²) < 4.78 is 0. The largest absolute Gasteiger partial charge is 0.354 e. The molecule has 1 aromatic rings. The summed E-state index contributed by atoms with van der Waals surface area (Å²) in [4.78, 5) is 16.1. The summed E-state index contributed by atoms with van der Waals surface area (Å²) in [5.41, 5.74) is 6.85. The number of thiazole rings is 1. The lowest BCUT2D eigenvalue weighted by atomic mass is 10.0. The van der Waals surface area contributed by atoms with Crippen molar-refractivity contribution in [3.63, 3.8) is 0 Å². The lowest BCUT2D eigenvalue weighted by molar-refractivity contribution is -0.122. The molecule has 18 heavy (non-hydrogen) atoms. The first-order valence-electron chi connectivity index (χ1n) is 6.49. The third-order valence-electron chi connectivity index (χ3n) is 2.64. The highest BCUT2D eigenvalue weighted by Crippen LogP contribution is 2.10. The fraction of sp³-hybridized carbons (Fsp3) is 0.692. The number of amides is 1. The quantitative estimate of drug-likeness (QED) is 0.792. The van der Waals surface area contributed by atoms with Crippen molar-refractivity contribution in [1.29, 1.82) is 0 Å². The van der Waals surface area contributed by atoms with E-state index in [1.807, 2.05) is 0 Å². The van der Waals surface area contributed by atoms with Crippen LogP contribution in [0.3, 0.4) is 0 Å². The van der Waals surface area contributed by atoms with E-state index in [-0.39, 0.29) is 5.91 Å². The van der Waals surface area contributed by atoms with Gasteiger partial charge in [0.2, 0.25) is 5.91 Å². The number of aryl methyl sites for hydroxylation is 1. The van der Waals surface area contributed by atoms with Crippen LogP contribution in [-0.2, 0) is 17.6 Å². The predicted molar refractivity (Wildman–Crippen MR) is 75.6 cm³/mol. The first kappa shape index (κ1) is 15.1. The van der Waals surface area contributed by atoms with Crippen LogP contribution in [0.2, 0.25) is 0 Å². The SMILES string of the molecule is CCc1nc(CCNC(=O)[C@@H](N)CC(C)C)cs1. The number of rotatable bonds is 7. The van der Waals surface area contributed by atoms with Gasteiger partial charge < -0.3 is 11.1 Å². The van der Waals surface area contributed by atoms with Gasteiger partial charge >= 0.3 is 0 Å². The highest BCUT2D eigenvalue weighted by Gasteiger charge is 2.14. The molecule has 0 aliphatic rings. The third-order valence-corrected chi connectivity index (χ3v) is 3.69. The topological polar surface area (TPSA) is 68.0 Å². The molecule has 4 nitrogen and oxygen atoms in total. The molecule has 0 fully saturated rings. The number of hydrogen-bond acceptors (Lipinski definition) is 4. The molecule has 1 amide bonds. The van der Waals surface area contributed by atoms with Crippen molar-refractivity contribution in [3.05, 3.63) is 16.1 Å². The van der Waals surface area contributed by atoms with Gasteiger partial charge in [-0.3, -0.25) is 4.79 Å². The molecule has 1 rings (SSSR count). The van der Waals surface area contributed by atoms with Gasteiger partial charge in [0.1, 0.15) is 0 Å². The van der Waals surface area contributed by atoms with Gasteiger partial charge in [-0.2, -0.15) is 0 Å². The molecular weight excluding hydrogens is 246 g/mol. The summed E-state index contributed by atoms with van der Waals surface area (Å²) in [6.45, 7) is 6.83. The van der Waals surface area contributed by atoms with Crippen molar-refractivity contribution in [2.75, 3.05) is 6.54 Å². The van der Waals surface area contributed by atoms with Gasteiger partial charge in [0.05, 0.1) is 16.7 Å². The Morgan fingerprint density at radius 1 is 1.56 bits per heavy atom. The minimum absolute atomic E-state index is 0.0605. The van der Waals surface area contributed by atoms with Crippen molar-refractivity contribution < 1.29 is 4.79 Å². The molecule has 0 saturated carbocycles. The fourth-order valence-corrected chi connectivity index (χ4v) is 2.47. The Bertz CT molecular complexity index is 376.